The Bertz CT molecular complexity index is 544. The molecule has 0 spiro atoms. The van der Waals surface area contributed by atoms with Gasteiger partial charge in [-0.1, -0.05) is 37.3 Å². The van der Waals surface area contributed by atoms with E-state index in [1.165, 1.54) is 7.11 Å². The molecule has 0 saturated carbocycles. The van der Waals surface area contributed by atoms with E-state index in [2.05, 4.69) is 4.90 Å². The first-order chi connectivity index (χ1) is 12.1. The zero-order valence-electron chi connectivity index (χ0n) is 15.1. The van der Waals surface area contributed by atoms with E-state index in [0.717, 1.165) is 38.4 Å². The molecule has 1 atom stereocenters. The Hall–Kier alpha value is -1.92. The second-order valence-corrected chi connectivity index (χ2v) is 6.36. The molecule has 6 heteroatoms. The molecule has 0 radical (unpaired) electrons. The van der Waals surface area contributed by atoms with Crippen LogP contribution in [0.15, 0.2) is 30.3 Å². The van der Waals surface area contributed by atoms with Gasteiger partial charge in [-0.3, -0.25) is 14.5 Å². The number of methoxy groups -OCH3 is 1. The third-order valence-corrected chi connectivity index (χ3v) is 4.54. The van der Waals surface area contributed by atoms with Crippen molar-refractivity contribution in [3.05, 3.63) is 35.9 Å². The highest BCUT2D eigenvalue weighted by atomic mass is 16.5. The van der Waals surface area contributed by atoms with E-state index in [9.17, 15) is 9.59 Å². The average molecular weight is 348 g/mol. The molecule has 1 heterocycles. The molecular formula is C19H28N2O4. The number of morpholine rings is 1. The Kier molecular flexibility index (Phi) is 7.88. The number of benzene rings is 1. The molecule has 1 fully saturated rings. The second kappa shape index (κ2) is 10.2. The van der Waals surface area contributed by atoms with Gasteiger partial charge in [-0.25, -0.2) is 0 Å². The fraction of sp³-hybridized carbons (Fsp3) is 0.579. The molecule has 1 saturated heterocycles. The summed E-state index contributed by atoms with van der Waals surface area (Å²) in [6.07, 6.45) is 0.379. The number of ether oxygens (including phenoxy) is 2. The monoisotopic (exact) mass is 348 g/mol. The van der Waals surface area contributed by atoms with Gasteiger partial charge in [0.15, 0.2) is 0 Å². The van der Waals surface area contributed by atoms with E-state index < -0.39 is 0 Å². The van der Waals surface area contributed by atoms with Gasteiger partial charge in [0.25, 0.3) is 0 Å². The number of carbonyl (C=O) groups excluding carboxylic acids is 2. The van der Waals surface area contributed by atoms with Crippen molar-refractivity contribution in [1.29, 1.82) is 0 Å². The zero-order valence-corrected chi connectivity index (χ0v) is 15.1. The molecule has 0 N–H and O–H groups in total. The highest BCUT2D eigenvalue weighted by molar-refractivity contribution is 5.82. The summed E-state index contributed by atoms with van der Waals surface area (Å²) < 4.78 is 10.1. The minimum Gasteiger partial charge on any atom is -0.468 e. The van der Waals surface area contributed by atoms with Crippen LogP contribution in [0.3, 0.4) is 0 Å². The lowest BCUT2D eigenvalue weighted by Gasteiger charge is -2.30. The maximum Gasteiger partial charge on any atom is 0.325 e. The maximum absolute atomic E-state index is 12.7. The summed E-state index contributed by atoms with van der Waals surface area (Å²) in [5.74, 6) is -0.296. The van der Waals surface area contributed by atoms with Gasteiger partial charge >= 0.3 is 5.97 Å². The SMILES string of the molecule is COC(=O)CN(CCN1CCOCC1)C(=O)C[C@@H](C)c1ccccc1. The molecule has 1 aromatic carbocycles. The van der Waals surface area contributed by atoms with Crippen molar-refractivity contribution in [2.45, 2.75) is 19.3 Å². The lowest BCUT2D eigenvalue weighted by atomic mass is 9.97. The first kappa shape index (κ1) is 19.4. The Labute approximate surface area is 149 Å². The van der Waals surface area contributed by atoms with E-state index in [-0.39, 0.29) is 24.3 Å². The molecule has 1 aliphatic heterocycles. The van der Waals surface area contributed by atoms with Gasteiger partial charge in [-0.15, -0.1) is 0 Å². The van der Waals surface area contributed by atoms with Gasteiger partial charge in [0.1, 0.15) is 6.54 Å². The van der Waals surface area contributed by atoms with E-state index in [1.54, 1.807) is 4.90 Å². The first-order valence-electron chi connectivity index (χ1n) is 8.79. The van der Waals surface area contributed by atoms with Crippen LogP contribution in [-0.4, -0.2) is 74.7 Å². The number of esters is 1. The van der Waals surface area contributed by atoms with E-state index in [1.807, 2.05) is 37.3 Å². The minimum atomic E-state index is -0.386. The van der Waals surface area contributed by atoms with Crippen molar-refractivity contribution in [3.63, 3.8) is 0 Å². The van der Waals surface area contributed by atoms with Crippen molar-refractivity contribution >= 4 is 11.9 Å². The molecule has 25 heavy (non-hydrogen) atoms. The molecule has 0 unspecified atom stereocenters. The van der Waals surface area contributed by atoms with Crippen LogP contribution in [0.25, 0.3) is 0 Å². The maximum atomic E-state index is 12.7. The quantitative estimate of drug-likeness (QED) is 0.667. The van der Waals surface area contributed by atoms with Crippen molar-refractivity contribution in [3.8, 4) is 0 Å². The summed E-state index contributed by atoms with van der Waals surface area (Å²) in [5, 5.41) is 0. The number of rotatable bonds is 8. The molecule has 6 nitrogen and oxygen atoms in total. The molecule has 0 aliphatic carbocycles. The van der Waals surface area contributed by atoms with Crippen molar-refractivity contribution < 1.29 is 19.1 Å². The first-order valence-corrected chi connectivity index (χ1v) is 8.79. The lowest BCUT2D eigenvalue weighted by Crippen LogP contribution is -2.45. The van der Waals surface area contributed by atoms with Crippen LogP contribution in [0.2, 0.25) is 0 Å². The average Bonchev–Trinajstić information content (AvgIpc) is 2.66. The third kappa shape index (κ3) is 6.48. The highest BCUT2D eigenvalue weighted by Gasteiger charge is 2.21. The number of amides is 1. The molecular weight excluding hydrogens is 320 g/mol. The highest BCUT2D eigenvalue weighted by Crippen LogP contribution is 2.19. The molecule has 0 aromatic heterocycles. The van der Waals surface area contributed by atoms with Crippen molar-refractivity contribution in [2.75, 3.05) is 53.0 Å². The van der Waals surface area contributed by atoms with E-state index >= 15 is 0 Å². The number of hydrogen-bond donors (Lipinski definition) is 0. The van der Waals surface area contributed by atoms with Gasteiger partial charge < -0.3 is 14.4 Å². The van der Waals surface area contributed by atoms with Crippen molar-refractivity contribution in [1.82, 2.24) is 9.80 Å². The van der Waals surface area contributed by atoms with Crippen molar-refractivity contribution in [2.24, 2.45) is 0 Å². The third-order valence-electron chi connectivity index (χ3n) is 4.54. The summed E-state index contributed by atoms with van der Waals surface area (Å²) in [6.45, 7) is 6.46. The predicted molar refractivity (Wildman–Crippen MR) is 95.3 cm³/mol. The standard InChI is InChI=1S/C19H28N2O4/c1-16(17-6-4-3-5-7-17)14-18(22)21(15-19(23)24-2)9-8-20-10-12-25-13-11-20/h3-7,16H,8-15H2,1-2H3/t16-/m1/s1. The van der Waals surface area contributed by atoms with E-state index in [4.69, 9.17) is 9.47 Å². The van der Waals surface area contributed by atoms with Crippen LogP contribution in [0, 0.1) is 0 Å². The van der Waals surface area contributed by atoms with Crippen LogP contribution in [0.4, 0.5) is 0 Å². The Morgan fingerprint density at radius 1 is 1.24 bits per heavy atom. The summed E-state index contributed by atoms with van der Waals surface area (Å²) >= 11 is 0. The van der Waals surface area contributed by atoms with Crippen LogP contribution in [-0.2, 0) is 19.1 Å². The van der Waals surface area contributed by atoms with Crippen LogP contribution in [0.1, 0.15) is 24.8 Å². The Morgan fingerprint density at radius 2 is 1.92 bits per heavy atom. The Morgan fingerprint density at radius 3 is 2.56 bits per heavy atom. The second-order valence-electron chi connectivity index (χ2n) is 6.36. The number of nitrogens with zero attached hydrogens (tertiary/aromatic N) is 2. The molecule has 1 amide bonds. The summed E-state index contributed by atoms with van der Waals surface area (Å²) in [7, 11) is 1.35. The number of carbonyl (C=O) groups is 2. The lowest BCUT2D eigenvalue weighted by molar-refractivity contribution is -0.147. The predicted octanol–water partition coefficient (Wildman–Crippen LogP) is 1.51. The van der Waals surface area contributed by atoms with Gasteiger partial charge in [0, 0.05) is 32.6 Å². The molecule has 1 aromatic rings. The Balaban J connectivity index is 1.92. The topological polar surface area (TPSA) is 59.1 Å². The van der Waals surface area contributed by atoms with Crippen LogP contribution >= 0.6 is 0 Å². The van der Waals surface area contributed by atoms with Gasteiger partial charge in [-0.05, 0) is 11.5 Å². The fourth-order valence-corrected chi connectivity index (χ4v) is 2.89. The minimum absolute atomic E-state index is 0.00117. The van der Waals surface area contributed by atoms with Gasteiger partial charge in [0.2, 0.25) is 5.91 Å². The van der Waals surface area contributed by atoms with Crippen LogP contribution in [0.5, 0.6) is 0 Å². The zero-order chi connectivity index (χ0) is 18.1. The normalized spacial score (nSPS) is 16.2. The molecule has 2 rings (SSSR count). The summed E-state index contributed by atoms with van der Waals surface area (Å²) in [5.41, 5.74) is 1.13. The fourth-order valence-electron chi connectivity index (χ4n) is 2.89. The van der Waals surface area contributed by atoms with E-state index in [0.29, 0.717) is 13.0 Å². The van der Waals surface area contributed by atoms with Gasteiger partial charge in [0.05, 0.1) is 20.3 Å². The molecule has 0 bridgehead atoms. The molecule has 138 valence electrons. The van der Waals surface area contributed by atoms with Gasteiger partial charge in [-0.2, -0.15) is 0 Å². The molecule has 1 aliphatic rings. The largest absolute Gasteiger partial charge is 0.468 e. The summed E-state index contributed by atoms with van der Waals surface area (Å²) in [4.78, 5) is 28.3. The summed E-state index contributed by atoms with van der Waals surface area (Å²) in [6, 6.07) is 9.96. The number of hydrogen-bond acceptors (Lipinski definition) is 5. The van der Waals surface area contributed by atoms with Crippen LogP contribution < -0.4 is 0 Å². The smallest absolute Gasteiger partial charge is 0.325 e.